The molecule has 0 radical (unpaired) electrons. The zero-order valence-corrected chi connectivity index (χ0v) is 34.1. The van der Waals surface area contributed by atoms with Crippen molar-refractivity contribution in [3.8, 4) is 23.0 Å². The second kappa shape index (κ2) is 15.7. The van der Waals surface area contributed by atoms with E-state index in [0.717, 1.165) is 101 Å². The van der Waals surface area contributed by atoms with E-state index in [9.17, 15) is 0 Å². The van der Waals surface area contributed by atoms with Gasteiger partial charge in [-0.2, -0.15) is 0 Å². The quantitative estimate of drug-likeness (QED) is 0.130. The minimum absolute atomic E-state index is 0.159. The van der Waals surface area contributed by atoms with E-state index in [-0.39, 0.29) is 5.92 Å². The predicted molar refractivity (Wildman–Crippen MR) is 222 cm³/mol. The summed E-state index contributed by atoms with van der Waals surface area (Å²) in [4.78, 5) is 0. The van der Waals surface area contributed by atoms with Gasteiger partial charge < -0.3 is 26.5 Å². The third kappa shape index (κ3) is 8.02. The second-order valence-electron chi connectivity index (χ2n) is 14.2. The van der Waals surface area contributed by atoms with Crippen LogP contribution in [-0.2, 0) is 0 Å². The fraction of sp³-hybridized carbons (Fsp3) is 0.217. The Morgan fingerprint density at radius 3 is 1.43 bits per heavy atom. The summed E-state index contributed by atoms with van der Waals surface area (Å²) in [5, 5.41) is 1.94. The van der Waals surface area contributed by atoms with Crippen molar-refractivity contribution in [1.29, 1.82) is 0 Å². The first-order valence-electron chi connectivity index (χ1n) is 18.2. The molecule has 1 unspecified atom stereocenters. The van der Waals surface area contributed by atoms with Gasteiger partial charge >= 0.3 is 16.8 Å². The Labute approximate surface area is 320 Å². The molecule has 1 aromatic heterocycles. The van der Waals surface area contributed by atoms with E-state index in [1.54, 1.807) is 0 Å². The van der Waals surface area contributed by atoms with E-state index in [1.807, 2.05) is 86.6 Å². The summed E-state index contributed by atoms with van der Waals surface area (Å²) < 4.78 is 40.0. The number of hydrogen-bond donors (Lipinski definition) is 0. The molecule has 8 heteroatoms. The molecule has 0 aliphatic rings. The van der Waals surface area contributed by atoms with Gasteiger partial charge in [0.1, 0.15) is 34.2 Å². The van der Waals surface area contributed by atoms with Crippen LogP contribution in [0.15, 0.2) is 118 Å². The van der Waals surface area contributed by atoms with Crippen molar-refractivity contribution in [3.05, 3.63) is 165 Å². The van der Waals surface area contributed by atoms with E-state index in [2.05, 4.69) is 84.9 Å². The summed E-state index contributed by atoms with van der Waals surface area (Å²) in [6.07, 6.45) is 0. The van der Waals surface area contributed by atoms with Crippen molar-refractivity contribution in [2.24, 2.45) is 0 Å². The highest BCUT2D eigenvalue weighted by Gasteiger charge is 2.28. The average Bonchev–Trinajstić information content (AvgIpc) is 3.28. The molecule has 0 saturated heterocycles. The van der Waals surface area contributed by atoms with E-state index in [1.165, 1.54) is 0 Å². The molecule has 0 amide bonds. The summed E-state index contributed by atoms with van der Waals surface area (Å²) in [6.45, 7) is 18.8. The maximum atomic E-state index is 6.93. The van der Waals surface area contributed by atoms with Crippen molar-refractivity contribution < 1.29 is 26.5 Å². The molecule has 6 nitrogen and oxygen atoms in total. The third-order valence-electron chi connectivity index (χ3n) is 9.58. The Hall–Kier alpha value is -5.15. The van der Waals surface area contributed by atoms with E-state index in [0.29, 0.717) is 0 Å². The Balaban J connectivity index is 1.32. The van der Waals surface area contributed by atoms with E-state index >= 15 is 0 Å². The van der Waals surface area contributed by atoms with Crippen LogP contribution in [0.1, 0.15) is 68.5 Å². The highest BCUT2D eigenvalue weighted by atomic mass is 31.2. The van der Waals surface area contributed by atoms with Gasteiger partial charge in [-0.3, -0.25) is 0 Å². The van der Waals surface area contributed by atoms with Crippen molar-refractivity contribution in [2.45, 2.75) is 68.2 Å². The summed E-state index contributed by atoms with van der Waals surface area (Å²) in [5.41, 5.74) is 12.0. The first-order valence-corrected chi connectivity index (χ1v) is 20.4. The van der Waals surface area contributed by atoms with Crippen LogP contribution in [0.2, 0.25) is 0 Å². The molecule has 54 heavy (non-hydrogen) atoms. The molecule has 6 aromatic carbocycles. The monoisotopic (exact) mass is 756 g/mol. The molecule has 1 atom stereocenters. The minimum Gasteiger partial charge on any atom is -0.408 e. The number of benzene rings is 6. The Morgan fingerprint density at radius 1 is 0.481 bits per heavy atom. The largest absolute Gasteiger partial charge is 0.530 e. The van der Waals surface area contributed by atoms with Crippen LogP contribution < -0.4 is 18.1 Å². The zero-order chi connectivity index (χ0) is 38.1. The lowest BCUT2D eigenvalue weighted by Gasteiger charge is -2.25. The number of hydrogen-bond acceptors (Lipinski definition) is 6. The van der Waals surface area contributed by atoms with Crippen LogP contribution in [0, 0.1) is 55.4 Å². The van der Waals surface area contributed by atoms with Crippen LogP contribution in [0.4, 0.5) is 0 Å². The van der Waals surface area contributed by atoms with Gasteiger partial charge in [0, 0.05) is 27.8 Å². The van der Waals surface area contributed by atoms with Crippen LogP contribution in [-0.4, -0.2) is 0 Å². The zero-order valence-electron chi connectivity index (χ0n) is 32.3. The Kier molecular flexibility index (Phi) is 10.8. The first kappa shape index (κ1) is 37.2. The molecule has 0 fully saturated rings. The smallest absolute Gasteiger partial charge is 0.408 e. The Bertz CT molecular complexity index is 2430. The standard InChI is InChI=1S/C46H46O6P2/c1-28-18-20-41(32(5)22-28)47-53(48-42-21-19-29(2)23-33(42)6)51-45-34(7)24-30(3)26-39(45)36(9)40-27-31(4)25-35(8)46(40)52-54-49-43-16-12-10-14-37(43)38-15-11-13-17-44(38)50-54/h10-27,36H,1-9H3. The van der Waals surface area contributed by atoms with Crippen molar-refractivity contribution in [2.75, 3.05) is 0 Å². The highest BCUT2D eigenvalue weighted by Crippen LogP contribution is 2.50. The lowest BCUT2D eigenvalue weighted by Crippen LogP contribution is -2.09. The molecule has 0 aliphatic heterocycles. The first-order chi connectivity index (χ1) is 25.9. The van der Waals surface area contributed by atoms with Crippen LogP contribution in [0.5, 0.6) is 23.0 Å². The van der Waals surface area contributed by atoms with E-state index in [4.69, 9.17) is 26.5 Å². The van der Waals surface area contributed by atoms with E-state index < -0.39 is 16.8 Å². The van der Waals surface area contributed by atoms with Crippen molar-refractivity contribution in [1.82, 2.24) is 0 Å². The molecular formula is C46H46O6P2. The Morgan fingerprint density at radius 2 is 0.926 bits per heavy atom. The van der Waals surface area contributed by atoms with Crippen LogP contribution in [0.25, 0.3) is 21.9 Å². The van der Waals surface area contributed by atoms with Gasteiger partial charge in [0.15, 0.2) is 0 Å². The summed E-state index contributed by atoms with van der Waals surface area (Å²) >= 11 is 0. The number of fused-ring (bicyclic) bond motifs is 3. The fourth-order valence-electron chi connectivity index (χ4n) is 6.96. The van der Waals surface area contributed by atoms with Gasteiger partial charge in [-0.15, -0.1) is 0 Å². The lowest BCUT2D eigenvalue weighted by molar-refractivity contribution is 0.382. The summed E-state index contributed by atoms with van der Waals surface area (Å²) in [7, 11) is -3.78. The molecule has 0 aliphatic carbocycles. The van der Waals surface area contributed by atoms with Crippen LogP contribution >= 0.6 is 16.8 Å². The maximum Gasteiger partial charge on any atom is 0.530 e. The molecule has 1 heterocycles. The van der Waals surface area contributed by atoms with Crippen molar-refractivity contribution >= 4 is 38.8 Å². The van der Waals surface area contributed by atoms with Crippen molar-refractivity contribution in [3.63, 3.8) is 0 Å². The van der Waals surface area contributed by atoms with Gasteiger partial charge in [-0.05, 0) is 102 Å². The average molecular weight is 757 g/mol. The summed E-state index contributed by atoms with van der Waals surface area (Å²) in [6, 6.07) is 36.9. The summed E-state index contributed by atoms with van der Waals surface area (Å²) in [5.74, 6) is 2.72. The normalized spacial score (nSPS) is 11.9. The topological polar surface area (TPSA) is 63.2 Å². The number of para-hydroxylation sites is 2. The lowest BCUT2D eigenvalue weighted by atomic mass is 9.87. The fourth-order valence-corrected chi connectivity index (χ4v) is 9.35. The third-order valence-corrected chi connectivity index (χ3v) is 11.6. The van der Waals surface area contributed by atoms with Gasteiger partial charge in [-0.1, -0.05) is 114 Å². The SMILES string of the molecule is Cc1ccc(OP(Oc2ccc(C)cc2C)Oc2c(C)cc(C)cc2C(C)c2cc(C)cc(C)c2Op2oc3ccccc3c3ccccc3o2)c(C)c1. The maximum absolute atomic E-state index is 6.93. The molecule has 7 aromatic rings. The predicted octanol–water partition coefficient (Wildman–Crippen LogP) is 14.5. The van der Waals surface area contributed by atoms with Gasteiger partial charge in [0.25, 0.3) is 0 Å². The molecule has 0 saturated carbocycles. The van der Waals surface area contributed by atoms with Gasteiger partial charge in [0.2, 0.25) is 0 Å². The second-order valence-corrected chi connectivity index (χ2v) is 16.2. The number of rotatable bonds is 10. The molecule has 276 valence electrons. The molecule has 7 rings (SSSR count). The number of aryl methyl sites for hydroxylation is 8. The van der Waals surface area contributed by atoms with Gasteiger partial charge in [-0.25, -0.2) is 0 Å². The molecular weight excluding hydrogens is 710 g/mol. The van der Waals surface area contributed by atoms with Crippen LogP contribution in [0.3, 0.4) is 0 Å². The molecule has 0 N–H and O–H groups in total. The highest BCUT2D eigenvalue weighted by molar-refractivity contribution is 7.43. The minimum atomic E-state index is -1.93. The van der Waals surface area contributed by atoms with Gasteiger partial charge in [0.05, 0.1) is 0 Å². The molecule has 0 spiro atoms. The molecule has 0 bridgehead atoms.